The van der Waals surface area contributed by atoms with Gasteiger partial charge in [0, 0.05) is 30.1 Å². The minimum absolute atomic E-state index is 0.145. The fourth-order valence-corrected chi connectivity index (χ4v) is 1.46. The Kier molecular flexibility index (Phi) is 4.58. The van der Waals surface area contributed by atoms with E-state index in [1.807, 2.05) is 12.1 Å². The highest BCUT2D eigenvalue weighted by atomic mass is 19.1. The number of rotatable bonds is 5. The Morgan fingerprint density at radius 1 is 1.21 bits per heavy atom. The Morgan fingerprint density at radius 3 is 2.47 bits per heavy atom. The van der Waals surface area contributed by atoms with Crippen molar-refractivity contribution < 1.29 is 9.13 Å². The monoisotopic (exact) mass is 259 g/mol. The Hall–Kier alpha value is -2.27. The molecule has 0 radical (unpaired) electrons. The molecule has 0 fully saturated rings. The Bertz CT molecular complexity index is 540. The van der Waals surface area contributed by atoms with E-state index < -0.39 is 0 Å². The summed E-state index contributed by atoms with van der Waals surface area (Å²) in [4.78, 5) is 8.30. The number of hydrogen-bond acceptors (Lipinski definition) is 4. The predicted octanol–water partition coefficient (Wildman–Crippen LogP) is 2.33. The zero-order valence-corrected chi connectivity index (χ0v) is 10.3. The SMILES string of the molecule is NC/C(=C\F)COc1ccc(-c2ncccn2)cc1. The van der Waals surface area contributed by atoms with Gasteiger partial charge in [0.05, 0.1) is 6.33 Å². The molecule has 0 atom stereocenters. The van der Waals surface area contributed by atoms with Crippen molar-refractivity contribution in [2.24, 2.45) is 5.73 Å². The number of nitrogens with two attached hydrogens (primary N) is 1. The maximum absolute atomic E-state index is 12.3. The lowest BCUT2D eigenvalue weighted by molar-refractivity contribution is 0.347. The lowest BCUT2D eigenvalue weighted by Crippen LogP contribution is -2.10. The van der Waals surface area contributed by atoms with Crippen LogP contribution < -0.4 is 10.5 Å². The first-order valence-electron chi connectivity index (χ1n) is 5.82. The van der Waals surface area contributed by atoms with Gasteiger partial charge >= 0.3 is 0 Å². The summed E-state index contributed by atoms with van der Waals surface area (Å²) in [6, 6.07) is 9.05. The zero-order valence-electron chi connectivity index (χ0n) is 10.3. The second-order valence-corrected chi connectivity index (χ2v) is 3.86. The number of benzene rings is 1. The largest absolute Gasteiger partial charge is 0.489 e. The molecule has 1 heterocycles. The molecule has 0 aliphatic carbocycles. The molecule has 98 valence electrons. The molecule has 0 saturated heterocycles. The number of aromatic nitrogens is 2. The van der Waals surface area contributed by atoms with Crippen LogP contribution in [0.4, 0.5) is 4.39 Å². The summed E-state index contributed by atoms with van der Waals surface area (Å²) in [5.41, 5.74) is 6.65. The van der Waals surface area contributed by atoms with Crippen LogP contribution in [0.25, 0.3) is 11.4 Å². The molecule has 2 rings (SSSR count). The molecule has 2 aromatic rings. The third kappa shape index (κ3) is 3.59. The van der Waals surface area contributed by atoms with E-state index in [0.29, 0.717) is 23.5 Å². The molecule has 0 amide bonds. The first-order chi connectivity index (χ1) is 9.33. The van der Waals surface area contributed by atoms with Gasteiger partial charge in [0.15, 0.2) is 5.82 Å². The molecule has 19 heavy (non-hydrogen) atoms. The molecule has 0 aliphatic heterocycles. The third-order valence-corrected chi connectivity index (χ3v) is 2.52. The quantitative estimate of drug-likeness (QED) is 0.895. The normalized spacial score (nSPS) is 11.4. The van der Waals surface area contributed by atoms with Crippen LogP contribution in [-0.2, 0) is 0 Å². The third-order valence-electron chi connectivity index (χ3n) is 2.52. The molecule has 1 aromatic heterocycles. The maximum atomic E-state index is 12.3. The smallest absolute Gasteiger partial charge is 0.159 e. The second kappa shape index (κ2) is 6.61. The summed E-state index contributed by atoms with van der Waals surface area (Å²) in [6.45, 7) is 0.292. The summed E-state index contributed by atoms with van der Waals surface area (Å²) in [5, 5.41) is 0. The fraction of sp³-hybridized carbons (Fsp3) is 0.143. The highest BCUT2D eigenvalue weighted by Gasteiger charge is 2.01. The molecule has 4 nitrogen and oxygen atoms in total. The summed E-state index contributed by atoms with van der Waals surface area (Å²) in [5.74, 6) is 1.30. The van der Waals surface area contributed by atoms with Crippen LogP contribution in [0.15, 0.2) is 54.6 Å². The van der Waals surface area contributed by atoms with E-state index in [1.165, 1.54) is 0 Å². The molecule has 1 aromatic carbocycles. The second-order valence-electron chi connectivity index (χ2n) is 3.86. The molecular formula is C14H14FN3O. The number of ether oxygens (including phenoxy) is 1. The average Bonchev–Trinajstić information content (AvgIpc) is 2.50. The van der Waals surface area contributed by atoms with Crippen molar-refractivity contribution in [3.8, 4) is 17.1 Å². The molecule has 5 heteroatoms. The molecule has 0 spiro atoms. The Labute approximate surface area is 110 Å². The van der Waals surface area contributed by atoms with Crippen molar-refractivity contribution in [3.63, 3.8) is 0 Å². The van der Waals surface area contributed by atoms with Gasteiger partial charge in [-0.1, -0.05) is 0 Å². The molecular weight excluding hydrogens is 245 g/mol. The average molecular weight is 259 g/mol. The van der Waals surface area contributed by atoms with Gasteiger partial charge in [-0.15, -0.1) is 0 Å². The van der Waals surface area contributed by atoms with Gasteiger partial charge in [-0.2, -0.15) is 0 Å². The highest BCUT2D eigenvalue weighted by Crippen LogP contribution is 2.19. The van der Waals surface area contributed by atoms with Crippen molar-refractivity contribution in [2.75, 3.05) is 13.2 Å². The molecule has 0 saturated carbocycles. The summed E-state index contributed by atoms with van der Waals surface area (Å²) < 4.78 is 17.7. The first kappa shape index (κ1) is 13.2. The van der Waals surface area contributed by atoms with Gasteiger partial charge in [0.2, 0.25) is 0 Å². The van der Waals surface area contributed by atoms with Crippen LogP contribution in [0.3, 0.4) is 0 Å². The van der Waals surface area contributed by atoms with E-state index in [2.05, 4.69) is 9.97 Å². The topological polar surface area (TPSA) is 61.0 Å². The standard InChI is InChI=1S/C14H14FN3O/c15-8-11(9-16)10-19-13-4-2-12(3-5-13)14-17-6-1-7-18-14/h1-8H,9-10,16H2/b11-8+. The van der Waals surface area contributed by atoms with Crippen molar-refractivity contribution >= 4 is 0 Å². The van der Waals surface area contributed by atoms with E-state index in [-0.39, 0.29) is 13.2 Å². The predicted molar refractivity (Wildman–Crippen MR) is 71.2 cm³/mol. The number of hydrogen-bond donors (Lipinski definition) is 1. The van der Waals surface area contributed by atoms with Crippen LogP contribution in [0.5, 0.6) is 5.75 Å². The Balaban J connectivity index is 2.03. The Morgan fingerprint density at radius 2 is 1.89 bits per heavy atom. The van der Waals surface area contributed by atoms with Crippen LogP contribution in [-0.4, -0.2) is 23.1 Å². The van der Waals surface area contributed by atoms with Gasteiger partial charge in [-0.3, -0.25) is 0 Å². The molecule has 0 aliphatic rings. The van der Waals surface area contributed by atoms with Crippen LogP contribution >= 0.6 is 0 Å². The van der Waals surface area contributed by atoms with E-state index in [9.17, 15) is 4.39 Å². The van der Waals surface area contributed by atoms with Crippen LogP contribution in [0.1, 0.15) is 0 Å². The minimum atomic E-state index is 0.145. The van der Waals surface area contributed by atoms with E-state index in [4.69, 9.17) is 10.5 Å². The van der Waals surface area contributed by atoms with Crippen molar-refractivity contribution in [2.45, 2.75) is 0 Å². The van der Waals surface area contributed by atoms with Gasteiger partial charge in [-0.25, -0.2) is 14.4 Å². The van der Waals surface area contributed by atoms with E-state index >= 15 is 0 Å². The highest BCUT2D eigenvalue weighted by molar-refractivity contribution is 5.55. The van der Waals surface area contributed by atoms with Crippen LogP contribution in [0.2, 0.25) is 0 Å². The van der Waals surface area contributed by atoms with Gasteiger partial charge in [0.25, 0.3) is 0 Å². The van der Waals surface area contributed by atoms with Crippen LogP contribution in [0, 0.1) is 0 Å². The summed E-state index contributed by atoms with van der Waals surface area (Å²) in [7, 11) is 0. The zero-order chi connectivity index (χ0) is 13.5. The van der Waals surface area contributed by atoms with E-state index in [0.717, 1.165) is 5.56 Å². The fourth-order valence-electron chi connectivity index (χ4n) is 1.46. The van der Waals surface area contributed by atoms with Gasteiger partial charge in [0.1, 0.15) is 12.4 Å². The summed E-state index contributed by atoms with van der Waals surface area (Å²) >= 11 is 0. The lowest BCUT2D eigenvalue weighted by Gasteiger charge is -2.07. The molecule has 2 N–H and O–H groups in total. The maximum Gasteiger partial charge on any atom is 0.159 e. The van der Waals surface area contributed by atoms with Gasteiger partial charge < -0.3 is 10.5 Å². The van der Waals surface area contributed by atoms with Crippen molar-refractivity contribution in [1.82, 2.24) is 9.97 Å². The first-order valence-corrected chi connectivity index (χ1v) is 5.82. The van der Waals surface area contributed by atoms with E-state index in [1.54, 1.807) is 30.6 Å². The number of nitrogens with zero attached hydrogens (tertiary/aromatic N) is 2. The number of halogens is 1. The summed E-state index contributed by atoms with van der Waals surface area (Å²) in [6.07, 6.45) is 3.85. The van der Waals surface area contributed by atoms with Gasteiger partial charge in [-0.05, 0) is 30.3 Å². The minimum Gasteiger partial charge on any atom is -0.489 e. The van der Waals surface area contributed by atoms with Crippen molar-refractivity contribution in [3.05, 3.63) is 54.6 Å². The van der Waals surface area contributed by atoms with Crippen molar-refractivity contribution in [1.29, 1.82) is 0 Å². The lowest BCUT2D eigenvalue weighted by atomic mass is 10.2. The molecule has 0 unspecified atom stereocenters. The molecule has 0 bridgehead atoms.